The molecule has 1 aliphatic carbocycles. The molecule has 2 heterocycles. The van der Waals surface area contributed by atoms with Crippen LogP contribution in [0.5, 0.6) is 0 Å². The van der Waals surface area contributed by atoms with E-state index in [1.165, 1.54) is 36.4 Å². The fraction of sp³-hybridized carbons (Fsp3) is 0.348. The van der Waals surface area contributed by atoms with E-state index < -0.39 is 10.0 Å². The van der Waals surface area contributed by atoms with Gasteiger partial charge in [0.15, 0.2) is 5.13 Å². The zero-order chi connectivity index (χ0) is 20.6. The van der Waals surface area contributed by atoms with Crippen LogP contribution in [0.4, 0.5) is 10.8 Å². The second-order valence-electron chi connectivity index (χ2n) is 8.00. The second kappa shape index (κ2) is 8.04. The Morgan fingerprint density at radius 1 is 1.03 bits per heavy atom. The zero-order valence-corrected chi connectivity index (χ0v) is 18.4. The summed E-state index contributed by atoms with van der Waals surface area (Å²) in [5.74, 6) is 0. The van der Waals surface area contributed by atoms with E-state index in [2.05, 4.69) is 16.8 Å². The summed E-state index contributed by atoms with van der Waals surface area (Å²) in [4.78, 5) is 5.12. The Kier molecular flexibility index (Phi) is 5.25. The van der Waals surface area contributed by atoms with Gasteiger partial charge in [-0.25, -0.2) is 13.4 Å². The van der Waals surface area contributed by atoms with Crippen molar-refractivity contribution < 1.29 is 8.42 Å². The number of hydrogen-bond donors (Lipinski definition) is 1. The maximum absolute atomic E-state index is 13.1. The summed E-state index contributed by atoms with van der Waals surface area (Å²) < 4.78 is 27.6. The van der Waals surface area contributed by atoms with Crippen LogP contribution >= 0.6 is 11.3 Å². The van der Waals surface area contributed by atoms with E-state index in [0.29, 0.717) is 23.9 Å². The standard InChI is InChI=1S/C23H25N3O2S2/c27-30(28,20-9-5-2-6-10-20)26-14-13-18-15-17(11-12-22(18)26)21-16-29-23(25-21)24-19-7-3-1-4-8-19/h2,5-6,9-12,15-16,19H,1,3-4,7-8,13-14H2,(H,24,25). The van der Waals surface area contributed by atoms with Gasteiger partial charge in [-0.3, -0.25) is 4.31 Å². The van der Waals surface area contributed by atoms with Crippen LogP contribution in [0.1, 0.15) is 37.7 Å². The van der Waals surface area contributed by atoms with Gasteiger partial charge in [0.25, 0.3) is 10.0 Å². The molecule has 5 rings (SSSR count). The molecular weight excluding hydrogens is 414 g/mol. The van der Waals surface area contributed by atoms with Gasteiger partial charge in [-0.15, -0.1) is 11.3 Å². The van der Waals surface area contributed by atoms with Crippen molar-refractivity contribution >= 4 is 32.2 Å². The molecule has 1 N–H and O–H groups in total. The van der Waals surface area contributed by atoms with Crippen molar-refractivity contribution in [1.29, 1.82) is 0 Å². The highest BCUT2D eigenvalue weighted by Gasteiger charge is 2.31. The number of hydrogen-bond acceptors (Lipinski definition) is 5. The number of nitrogens with zero attached hydrogens (tertiary/aromatic N) is 2. The largest absolute Gasteiger partial charge is 0.359 e. The molecule has 1 fully saturated rings. The van der Waals surface area contributed by atoms with Crippen molar-refractivity contribution in [2.75, 3.05) is 16.2 Å². The van der Waals surface area contributed by atoms with Crippen LogP contribution in [-0.4, -0.2) is 26.0 Å². The highest BCUT2D eigenvalue weighted by molar-refractivity contribution is 7.92. The number of benzene rings is 2. The zero-order valence-electron chi connectivity index (χ0n) is 16.8. The number of anilines is 2. The van der Waals surface area contributed by atoms with Crippen LogP contribution in [0.25, 0.3) is 11.3 Å². The molecule has 0 radical (unpaired) electrons. The van der Waals surface area contributed by atoms with E-state index in [4.69, 9.17) is 4.98 Å². The van der Waals surface area contributed by atoms with E-state index >= 15 is 0 Å². The molecule has 5 nitrogen and oxygen atoms in total. The van der Waals surface area contributed by atoms with E-state index in [9.17, 15) is 8.42 Å². The van der Waals surface area contributed by atoms with E-state index in [1.54, 1.807) is 35.6 Å². The first-order valence-electron chi connectivity index (χ1n) is 10.5. The lowest BCUT2D eigenvalue weighted by molar-refractivity contribution is 0.462. The molecule has 1 aromatic heterocycles. The summed E-state index contributed by atoms with van der Waals surface area (Å²) in [6.07, 6.45) is 7.09. The number of fused-ring (bicyclic) bond motifs is 1. The Bertz CT molecular complexity index is 1140. The van der Waals surface area contributed by atoms with E-state index in [0.717, 1.165) is 27.6 Å². The highest BCUT2D eigenvalue weighted by atomic mass is 32.2. The molecule has 2 aliphatic rings. The molecule has 1 saturated carbocycles. The van der Waals surface area contributed by atoms with Crippen molar-refractivity contribution in [3.8, 4) is 11.3 Å². The van der Waals surface area contributed by atoms with Gasteiger partial charge in [-0.1, -0.05) is 43.5 Å². The van der Waals surface area contributed by atoms with Crippen LogP contribution in [0.2, 0.25) is 0 Å². The summed E-state index contributed by atoms with van der Waals surface area (Å²) in [5.41, 5.74) is 3.83. The van der Waals surface area contributed by atoms with Gasteiger partial charge in [-0.05, 0) is 49.1 Å². The monoisotopic (exact) mass is 439 g/mol. The van der Waals surface area contributed by atoms with Crippen LogP contribution < -0.4 is 9.62 Å². The summed E-state index contributed by atoms with van der Waals surface area (Å²) in [5, 5.41) is 6.65. The fourth-order valence-electron chi connectivity index (χ4n) is 4.39. The third-order valence-electron chi connectivity index (χ3n) is 6.00. The lowest BCUT2D eigenvalue weighted by Crippen LogP contribution is -2.29. The molecule has 2 aromatic carbocycles. The minimum atomic E-state index is -3.53. The lowest BCUT2D eigenvalue weighted by Gasteiger charge is -2.22. The molecule has 1 aliphatic heterocycles. The van der Waals surface area contributed by atoms with Crippen molar-refractivity contribution in [3.63, 3.8) is 0 Å². The molecule has 7 heteroatoms. The third-order valence-corrected chi connectivity index (χ3v) is 8.60. The Balaban J connectivity index is 1.37. The molecule has 156 valence electrons. The van der Waals surface area contributed by atoms with Crippen molar-refractivity contribution in [3.05, 3.63) is 59.5 Å². The van der Waals surface area contributed by atoms with Crippen LogP contribution in [-0.2, 0) is 16.4 Å². The van der Waals surface area contributed by atoms with E-state index in [1.807, 2.05) is 18.2 Å². The van der Waals surface area contributed by atoms with Gasteiger partial charge in [-0.2, -0.15) is 0 Å². The van der Waals surface area contributed by atoms with Gasteiger partial charge < -0.3 is 5.32 Å². The Morgan fingerprint density at radius 3 is 2.63 bits per heavy atom. The number of nitrogens with one attached hydrogen (secondary N) is 1. The fourth-order valence-corrected chi connectivity index (χ4v) is 6.72. The van der Waals surface area contributed by atoms with Gasteiger partial charge in [0.05, 0.1) is 16.3 Å². The van der Waals surface area contributed by atoms with Gasteiger partial charge in [0, 0.05) is 23.5 Å². The number of sulfonamides is 1. The molecule has 0 atom stereocenters. The molecule has 30 heavy (non-hydrogen) atoms. The Hall–Kier alpha value is -2.38. The van der Waals surface area contributed by atoms with Crippen LogP contribution in [0.15, 0.2) is 58.8 Å². The summed E-state index contributed by atoms with van der Waals surface area (Å²) >= 11 is 1.64. The first-order chi connectivity index (χ1) is 14.6. The SMILES string of the molecule is O=S(=O)(c1ccccc1)N1CCc2cc(-c3csc(NC4CCCCC4)n3)ccc21. The van der Waals surface area contributed by atoms with Crippen molar-refractivity contribution in [1.82, 2.24) is 4.98 Å². The number of rotatable bonds is 5. The molecule has 0 bridgehead atoms. The average Bonchev–Trinajstić information content (AvgIpc) is 3.42. The summed E-state index contributed by atoms with van der Waals surface area (Å²) in [6, 6.07) is 15.2. The quantitative estimate of drug-likeness (QED) is 0.585. The predicted molar refractivity (Wildman–Crippen MR) is 123 cm³/mol. The maximum Gasteiger partial charge on any atom is 0.264 e. The Morgan fingerprint density at radius 2 is 1.83 bits per heavy atom. The van der Waals surface area contributed by atoms with Crippen molar-refractivity contribution in [2.45, 2.75) is 49.5 Å². The minimum Gasteiger partial charge on any atom is -0.359 e. The first kappa shape index (κ1) is 19.6. The molecule has 0 saturated heterocycles. The highest BCUT2D eigenvalue weighted by Crippen LogP contribution is 2.36. The van der Waals surface area contributed by atoms with Crippen LogP contribution in [0, 0.1) is 0 Å². The lowest BCUT2D eigenvalue weighted by atomic mass is 9.96. The molecule has 0 spiro atoms. The normalized spacial score (nSPS) is 17.1. The summed E-state index contributed by atoms with van der Waals surface area (Å²) in [6.45, 7) is 0.474. The minimum absolute atomic E-state index is 0.333. The summed E-state index contributed by atoms with van der Waals surface area (Å²) in [7, 11) is -3.53. The second-order valence-corrected chi connectivity index (χ2v) is 10.7. The van der Waals surface area contributed by atoms with Gasteiger partial charge in [0.2, 0.25) is 0 Å². The topological polar surface area (TPSA) is 62.3 Å². The third kappa shape index (κ3) is 3.72. The number of thiazole rings is 1. The molecular formula is C23H25N3O2S2. The van der Waals surface area contributed by atoms with E-state index in [-0.39, 0.29) is 0 Å². The van der Waals surface area contributed by atoms with Crippen molar-refractivity contribution in [2.24, 2.45) is 0 Å². The first-order valence-corrected chi connectivity index (χ1v) is 12.9. The molecule has 0 unspecified atom stereocenters. The molecule has 3 aromatic rings. The average molecular weight is 440 g/mol. The smallest absolute Gasteiger partial charge is 0.264 e. The Labute approximate surface area is 181 Å². The number of aromatic nitrogens is 1. The van der Waals surface area contributed by atoms with Gasteiger partial charge in [0.1, 0.15) is 0 Å². The maximum atomic E-state index is 13.1. The predicted octanol–water partition coefficient (Wildman–Crippen LogP) is 5.31. The van der Waals surface area contributed by atoms with Gasteiger partial charge >= 0.3 is 0 Å². The molecule has 0 amide bonds. The van der Waals surface area contributed by atoms with Crippen LogP contribution in [0.3, 0.4) is 0 Å².